The Bertz CT molecular complexity index is 367. The van der Waals surface area contributed by atoms with Gasteiger partial charge in [-0.3, -0.25) is 0 Å². The molecule has 0 aromatic carbocycles. The number of hydrogen-bond acceptors (Lipinski definition) is 5. The highest BCUT2D eigenvalue weighted by molar-refractivity contribution is 5.51. The number of carbonyl (C=O) groups is 1. The molecule has 0 N–H and O–H groups in total. The van der Waals surface area contributed by atoms with Gasteiger partial charge < -0.3 is 23.7 Å². The molecule has 5 nitrogen and oxygen atoms in total. The summed E-state index contributed by atoms with van der Waals surface area (Å²) in [7, 11) is 0. The van der Waals surface area contributed by atoms with Crippen molar-refractivity contribution in [3.05, 3.63) is 0 Å². The van der Waals surface area contributed by atoms with E-state index in [-0.39, 0.29) is 35.9 Å². The lowest BCUT2D eigenvalue weighted by Gasteiger charge is -2.33. The van der Waals surface area contributed by atoms with Crippen LogP contribution < -0.4 is 0 Å². The van der Waals surface area contributed by atoms with Gasteiger partial charge in [0, 0.05) is 18.9 Å². The van der Waals surface area contributed by atoms with Crippen LogP contribution in [0.5, 0.6) is 0 Å². The Morgan fingerprint density at radius 3 is 3.11 bits per heavy atom. The molecule has 6 atom stereocenters. The number of fused-ring (bicyclic) bond motifs is 5. The predicted molar refractivity (Wildman–Crippen MR) is 64.8 cm³/mol. The van der Waals surface area contributed by atoms with Crippen LogP contribution in [0.4, 0.5) is 0 Å². The van der Waals surface area contributed by atoms with E-state index in [0.717, 1.165) is 32.2 Å². The third-order valence-corrected chi connectivity index (χ3v) is 5.00. The summed E-state index contributed by atoms with van der Waals surface area (Å²) in [6, 6.07) is 0. The minimum atomic E-state index is -0.367. The van der Waals surface area contributed by atoms with E-state index >= 15 is 0 Å². The Kier molecular flexibility index (Phi) is 2.92. The first-order valence-corrected chi connectivity index (χ1v) is 7.30. The summed E-state index contributed by atoms with van der Waals surface area (Å²) in [6.07, 6.45) is 5.35. The minimum absolute atomic E-state index is 0.153. The van der Waals surface area contributed by atoms with Crippen molar-refractivity contribution < 1.29 is 23.7 Å². The largest absolute Gasteiger partial charge is 0.379 e. The molecule has 6 unspecified atom stereocenters. The fraction of sp³-hybridized carbons (Fsp3) is 0.929. The van der Waals surface area contributed by atoms with E-state index in [9.17, 15) is 4.79 Å². The van der Waals surface area contributed by atoms with Crippen molar-refractivity contribution in [1.29, 1.82) is 0 Å². The number of carbonyl (C=O) groups excluding carboxylic acids is 1. The van der Waals surface area contributed by atoms with Crippen LogP contribution in [0.1, 0.15) is 25.7 Å². The van der Waals surface area contributed by atoms with Gasteiger partial charge in [-0.2, -0.15) is 0 Å². The second-order valence-electron chi connectivity index (χ2n) is 6.12. The Hall–Kier alpha value is -0.490. The molecule has 19 heavy (non-hydrogen) atoms. The van der Waals surface area contributed by atoms with Crippen LogP contribution in [0.2, 0.25) is 0 Å². The van der Waals surface area contributed by atoms with Crippen molar-refractivity contribution in [2.75, 3.05) is 19.8 Å². The first kappa shape index (κ1) is 12.3. The summed E-state index contributed by atoms with van der Waals surface area (Å²) in [6.45, 7) is 2.05. The number of hydrogen-bond donors (Lipinski definition) is 0. The molecule has 0 aromatic heterocycles. The highest BCUT2D eigenvalue weighted by atomic mass is 16.7. The van der Waals surface area contributed by atoms with Crippen molar-refractivity contribution in [2.45, 2.75) is 55.7 Å². The van der Waals surface area contributed by atoms with E-state index < -0.39 is 0 Å². The van der Waals surface area contributed by atoms with Gasteiger partial charge in [-0.25, -0.2) is 0 Å². The summed E-state index contributed by atoms with van der Waals surface area (Å²) in [4.78, 5) is 10.8. The zero-order valence-electron chi connectivity index (χ0n) is 11.0. The molecule has 4 rings (SSSR count). The molecule has 5 heteroatoms. The zero-order chi connectivity index (χ0) is 12.9. The highest BCUT2D eigenvalue weighted by Crippen LogP contribution is 2.58. The fourth-order valence-electron chi connectivity index (χ4n) is 3.94. The Labute approximate surface area is 112 Å². The molecule has 0 saturated carbocycles. The third-order valence-electron chi connectivity index (χ3n) is 5.00. The van der Waals surface area contributed by atoms with Gasteiger partial charge in [-0.1, -0.05) is 0 Å². The van der Waals surface area contributed by atoms with Crippen LogP contribution in [-0.2, 0) is 23.7 Å². The molecule has 4 aliphatic rings. The molecule has 0 radical (unpaired) electrons. The van der Waals surface area contributed by atoms with Crippen molar-refractivity contribution in [3.63, 3.8) is 0 Å². The topological polar surface area (TPSA) is 57.3 Å². The molecule has 2 bridgehead atoms. The van der Waals surface area contributed by atoms with Crippen LogP contribution in [0.25, 0.3) is 0 Å². The van der Waals surface area contributed by atoms with Gasteiger partial charge in [0.2, 0.25) is 0 Å². The van der Waals surface area contributed by atoms with E-state index in [2.05, 4.69) is 0 Å². The van der Waals surface area contributed by atoms with Crippen molar-refractivity contribution in [2.24, 2.45) is 5.92 Å². The van der Waals surface area contributed by atoms with E-state index in [0.29, 0.717) is 19.6 Å². The fourth-order valence-corrected chi connectivity index (χ4v) is 3.94. The molecular formula is C14H20O5. The van der Waals surface area contributed by atoms with Gasteiger partial charge in [-0.05, 0) is 19.3 Å². The zero-order valence-corrected chi connectivity index (χ0v) is 11.0. The molecule has 0 aliphatic carbocycles. The van der Waals surface area contributed by atoms with E-state index in [1.54, 1.807) is 0 Å². The Morgan fingerprint density at radius 2 is 2.37 bits per heavy atom. The number of epoxide rings is 1. The number of ether oxygens (including phenoxy) is 4. The molecule has 4 saturated heterocycles. The van der Waals surface area contributed by atoms with Gasteiger partial charge in [-0.15, -0.1) is 0 Å². The summed E-state index contributed by atoms with van der Waals surface area (Å²) in [5, 5.41) is 0. The van der Waals surface area contributed by atoms with Gasteiger partial charge in [0.25, 0.3) is 0 Å². The monoisotopic (exact) mass is 268 g/mol. The number of rotatable bonds is 5. The standard InChI is InChI=1S/C14H20O5/c15-4-3-9-6-11-12-13(18-12)14(9,19-11)8-17-10-2-1-5-16-7-10/h4,9-13H,1-3,5-8H2. The predicted octanol–water partition coefficient (Wildman–Crippen LogP) is 0.696. The van der Waals surface area contributed by atoms with Crippen LogP contribution in [-0.4, -0.2) is 56.1 Å². The van der Waals surface area contributed by atoms with Gasteiger partial charge in [0.05, 0.1) is 25.4 Å². The van der Waals surface area contributed by atoms with Crippen molar-refractivity contribution >= 4 is 6.29 Å². The molecule has 0 aromatic rings. The minimum Gasteiger partial charge on any atom is -0.379 e. The molecule has 4 aliphatic heterocycles. The van der Waals surface area contributed by atoms with Crippen LogP contribution in [0.3, 0.4) is 0 Å². The van der Waals surface area contributed by atoms with E-state index in [1.807, 2.05) is 0 Å². The van der Waals surface area contributed by atoms with Crippen molar-refractivity contribution in [3.8, 4) is 0 Å². The lowest BCUT2D eigenvalue weighted by molar-refractivity contribution is -0.146. The molecular weight excluding hydrogens is 248 g/mol. The van der Waals surface area contributed by atoms with Gasteiger partial charge in [0.1, 0.15) is 24.1 Å². The van der Waals surface area contributed by atoms with Gasteiger partial charge in [0.15, 0.2) is 0 Å². The highest BCUT2D eigenvalue weighted by Gasteiger charge is 2.73. The summed E-state index contributed by atoms with van der Waals surface area (Å²) in [5.74, 6) is 0.253. The van der Waals surface area contributed by atoms with E-state index in [4.69, 9.17) is 18.9 Å². The third kappa shape index (κ3) is 1.87. The van der Waals surface area contributed by atoms with Crippen LogP contribution in [0.15, 0.2) is 0 Å². The number of aldehydes is 1. The lowest BCUT2D eigenvalue weighted by Crippen LogP contribution is -2.47. The smallest absolute Gasteiger partial charge is 0.124 e. The maximum absolute atomic E-state index is 10.8. The Morgan fingerprint density at radius 1 is 1.42 bits per heavy atom. The molecule has 4 fully saturated rings. The average Bonchev–Trinajstić information content (AvgIpc) is 3.12. The van der Waals surface area contributed by atoms with Crippen LogP contribution >= 0.6 is 0 Å². The second kappa shape index (κ2) is 4.52. The maximum Gasteiger partial charge on any atom is 0.124 e. The summed E-state index contributed by atoms with van der Waals surface area (Å²) >= 11 is 0. The normalized spacial score (nSPS) is 51.1. The summed E-state index contributed by atoms with van der Waals surface area (Å²) < 4.78 is 23.3. The molecule has 4 heterocycles. The average molecular weight is 268 g/mol. The first-order chi connectivity index (χ1) is 9.33. The molecule has 106 valence electrons. The molecule has 0 amide bonds. The maximum atomic E-state index is 10.8. The Balaban J connectivity index is 1.43. The SMILES string of the molecule is O=CCC1CC2OC1(COC1CCCOC1)C1OC21. The van der Waals surface area contributed by atoms with E-state index in [1.165, 1.54) is 0 Å². The summed E-state index contributed by atoms with van der Waals surface area (Å²) in [5.41, 5.74) is -0.367. The second-order valence-corrected chi connectivity index (χ2v) is 6.12. The van der Waals surface area contributed by atoms with Crippen molar-refractivity contribution in [1.82, 2.24) is 0 Å². The molecule has 0 spiro atoms. The quantitative estimate of drug-likeness (QED) is 0.542. The lowest BCUT2D eigenvalue weighted by atomic mass is 9.77. The first-order valence-electron chi connectivity index (χ1n) is 7.30. The van der Waals surface area contributed by atoms with Gasteiger partial charge >= 0.3 is 0 Å². The van der Waals surface area contributed by atoms with Crippen LogP contribution in [0, 0.1) is 5.92 Å².